The van der Waals surface area contributed by atoms with Crippen LogP contribution in [-0.4, -0.2) is 36.2 Å². The van der Waals surface area contributed by atoms with E-state index in [4.69, 9.17) is 14.3 Å². The summed E-state index contributed by atoms with van der Waals surface area (Å²) < 4.78 is 10.5. The number of rotatable bonds is 4. The first kappa shape index (κ1) is 15.6. The predicted octanol–water partition coefficient (Wildman–Crippen LogP) is 2.49. The Kier molecular flexibility index (Phi) is 4.34. The molecule has 0 aliphatic carbocycles. The smallest absolute Gasteiger partial charge is 0.351 e. The van der Waals surface area contributed by atoms with Crippen molar-refractivity contribution in [2.75, 3.05) is 20.2 Å². The summed E-state index contributed by atoms with van der Waals surface area (Å²) in [5, 5.41) is 9.65. The van der Waals surface area contributed by atoms with Crippen molar-refractivity contribution in [3.8, 4) is 5.75 Å². The number of aromatic carboxylic acids is 1. The van der Waals surface area contributed by atoms with Gasteiger partial charge in [-0.15, -0.1) is 0 Å². The van der Waals surface area contributed by atoms with E-state index >= 15 is 0 Å². The van der Waals surface area contributed by atoms with Crippen LogP contribution in [-0.2, 0) is 6.54 Å². The molecule has 3 rings (SSSR count). The first-order valence-corrected chi connectivity index (χ1v) is 7.69. The van der Waals surface area contributed by atoms with Crippen LogP contribution in [0.15, 0.2) is 27.4 Å². The second-order valence-electron chi connectivity index (χ2n) is 5.81. The van der Waals surface area contributed by atoms with Gasteiger partial charge in [-0.3, -0.25) is 4.90 Å². The topological polar surface area (TPSA) is 80.0 Å². The van der Waals surface area contributed by atoms with E-state index in [1.165, 1.54) is 32.4 Å². The molecular weight excluding hydrogens is 298 g/mol. The minimum Gasteiger partial charge on any atom is -0.493 e. The van der Waals surface area contributed by atoms with Crippen LogP contribution in [0.2, 0.25) is 0 Å². The van der Waals surface area contributed by atoms with Crippen LogP contribution in [0.25, 0.3) is 11.0 Å². The molecule has 1 saturated heterocycles. The van der Waals surface area contributed by atoms with Crippen LogP contribution in [0.3, 0.4) is 0 Å². The number of carboxylic acids is 1. The average molecular weight is 317 g/mol. The van der Waals surface area contributed by atoms with Crippen LogP contribution >= 0.6 is 0 Å². The molecular formula is C17H19NO5. The molecule has 122 valence electrons. The van der Waals surface area contributed by atoms with Gasteiger partial charge in [-0.25, -0.2) is 9.59 Å². The van der Waals surface area contributed by atoms with Gasteiger partial charge in [0.1, 0.15) is 5.56 Å². The van der Waals surface area contributed by atoms with Crippen molar-refractivity contribution in [3.05, 3.63) is 39.7 Å². The zero-order chi connectivity index (χ0) is 16.4. The maximum atomic E-state index is 11.7. The van der Waals surface area contributed by atoms with Crippen molar-refractivity contribution in [2.24, 2.45) is 0 Å². The normalized spacial score (nSPS) is 15.7. The molecule has 0 atom stereocenters. The molecule has 6 nitrogen and oxygen atoms in total. The molecule has 2 aromatic rings. The van der Waals surface area contributed by atoms with Crippen molar-refractivity contribution in [1.29, 1.82) is 0 Å². The maximum absolute atomic E-state index is 11.7. The third kappa shape index (κ3) is 3.22. The number of carbonyl (C=O) groups is 1. The van der Waals surface area contributed by atoms with E-state index in [2.05, 4.69) is 4.90 Å². The van der Waals surface area contributed by atoms with E-state index in [9.17, 15) is 9.59 Å². The van der Waals surface area contributed by atoms with E-state index in [0.29, 0.717) is 11.1 Å². The number of nitrogens with zero attached hydrogens (tertiary/aromatic N) is 1. The fourth-order valence-electron chi connectivity index (χ4n) is 3.03. The number of ether oxygens (including phenoxy) is 1. The summed E-state index contributed by atoms with van der Waals surface area (Å²) in [6.45, 7) is 2.89. The van der Waals surface area contributed by atoms with Crippen LogP contribution in [0.5, 0.6) is 5.75 Å². The number of piperidine rings is 1. The number of benzene rings is 1. The number of hydrogen-bond donors (Lipinski definition) is 1. The lowest BCUT2D eigenvalue weighted by Gasteiger charge is -2.26. The van der Waals surface area contributed by atoms with Crippen LogP contribution in [0, 0.1) is 0 Å². The second kappa shape index (κ2) is 6.42. The number of fused-ring (bicyclic) bond motifs is 1. The number of likely N-dealkylation sites (tertiary alicyclic amines) is 1. The van der Waals surface area contributed by atoms with E-state index in [1.807, 2.05) is 12.1 Å². The standard InChI is InChI=1S/C17H19NO5/c1-22-14-8-11(10-18-5-3-2-4-6-18)7-12-9-13(16(19)20)17(21)23-15(12)14/h7-9H,2-6,10H2,1H3,(H,19,20). The zero-order valence-electron chi connectivity index (χ0n) is 13.0. The molecule has 0 unspecified atom stereocenters. The highest BCUT2D eigenvalue weighted by Crippen LogP contribution is 2.28. The summed E-state index contributed by atoms with van der Waals surface area (Å²) >= 11 is 0. The molecule has 0 spiro atoms. The molecule has 0 radical (unpaired) electrons. The molecule has 0 bridgehead atoms. The van der Waals surface area contributed by atoms with Crippen molar-refractivity contribution < 1.29 is 19.1 Å². The van der Waals surface area contributed by atoms with Gasteiger partial charge in [0.15, 0.2) is 11.3 Å². The highest BCUT2D eigenvalue weighted by molar-refractivity contribution is 5.93. The van der Waals surface area contributed by atoms with Crippen molar-refractivity contribution >= 4 is 16.9 Å². The van der Waals surface area contributed by atoms with Gasteiger partial charge in [-0.2, -0.15) is 0 Å². The van der Waals surface area contributed by atoms with Crippen LogP contribution < -0.4 is 10.4 Å². The Morgan fingerprint density at radius 3 is 2.65 bits per heavy atom. The van der Waals surface area contributed by atoms with Gasteiger partial charge in [0.2, 0.25) is 0 Å². The number of carboxylic acid groups (broad SMARTS) is 1. The highest BCUT2D eigenvalue weighted by atomic mass is 16.5. The molecule has 1 fully saturated rings. The lowest BCUT2D eigenvalue weighted by Crippen LogP contribution is -2.29. The average Bonchev–Trinajstić information content (AvgIpc) is 2.54. The summed E-state index contributed by atoms with van der Waals surface area (Å²) in [5.41, 5.74) is 0.0630. The molecule has 1 aromatic carbocycles. The zero-order valence-corrected chi connectivity index (χ0v) is 13.0. The fourth-order valence-corrected chi connectivity index (χ4v) is 3.03. The van der Waals surface area contributed by atoms with E-state index < -0.39 is 11.6 Å². The van der Waals surface area contributed by atoms with Crippen LogP contribution in [0.1, 0.15) is 35.2 Å². The quantitative estimate of drug-likeness (QED) is 0.873. The van der Waals surface area contributed by atoms with E-state index in [1.54, 1.807) is 0 Å². The second-order valence-corrected chi connectivity index (χ2v) is 5.81. The Bertz CT molecular complexity index is 789. The minimum atomic E-state index is -1.29. The summed E-state index contributed by atoms with van der Waals surface area (Å²) in [4.78, 5) is 25.2. The van der Waals surface area contributed by atoms with Gasteiger partial charge in [-0.05, 0) is 49.7 Å². The molecule has 6 heteroatoms. The molecule has 0 amide bonds. The lowest BCUT2D eigenvalue weighted by atomic mass is 10.1. The maximum Gasteiger partial charge on any atom is 0.351 e. The van der Waals surface area contributed by atoms with Gasteiger partial charge in [-0.1, -0.05) is 6.42 Å². The first-order chi connectivity index (χ1) is 11.1. The van der Waals surface area contributed by atoms with Gasteiger partial charge in [0.05, 0.1) is 7.11 Å². The highest BCUT2D eigenvalue weighted by Gasteiger charge is 2.17. The molecule has 1 aromatic heterocycles. The lowest BCUT2D eigenvalue weighted by molar-refractivity contribution is 0.0692. The first-order valence-electron chi connectivity index (χ1n) is 7.69. The summed E-state index contributed by atoms with van der Waals surface area (Å²) in [6.07, 6.45) is 3.66. The van der Waals surface area contributed by atoms with Crippen molar-refractivity contribution in [3.63, 3.8) is 0 Å². The summed E-state index contributed by atoms with van der Waals surface area (Å²) in [5.74, 6) is -0.843. The van der Waals surface area contributed by atoms with E-state index in [-0.39, 0.29) is 11.1 Å². The van der Waals surface area contributed by atoms with Gasteiger partial charge >= 0.3 is 11.6 Å². The predicted molar refractivity (Wildman–Crippen MR) is 85.1 cm³/mol. The largest absolute Gasteiger partial charge is 0.493 e. The monoisotopic (exact) mass is 317 g/mol. The van der Waals surface area contributed by atoms with E-state index in [0.717, 1.165) is 25.2 Å². The third-order valence-corrected chi connectivity index (χ3v) is 4.16. The summed E-state index contributed by atoms with van der Waals surface area (Å²) in [6, 6.07) is 5.06. The SMILES string of the molecule is COc1cc(CN2CCCCC2)cc2cc(C(=O)O)c(=O)oc12. The number of hydrogen-bond acceptors (Lipinski definition) is 5. The third-order valence-electron chi connectivity index (χ3n) is 4.16. The Morgan fingerprint density at radius 2 is 2.00 bits per heavy atom. The molecule has 23 heavy (non-hydrogen) atoms. The Balaban J connectivity index is 2.04. The van der Waals surface area contributed by atoms with Crippen molar-refractivity contribution in [2.45, 2.75) is 25.8 Å². The number of methoxy groups -OCH3 is 1. The molecule has 0 saturated carbocycles. The summed E-state index contributed by atoms with van der Waals surface area (Å²) in [7, 11) is 1.50. The van der Waals surface area contributed by atoms with Crippen LogP contribution in [0.4, 0.5) is 0 Å². The molecule has 2 heterocycles. The van der Waals surface area contributed by atoms with Gasteiger partial charge in [0.25, 0.3) is 0 Å². The Labute approximate surface area is 133 Å². The molecule has 1 N–H and O–H groups in total. The fraction of sp³-hybridized carbons (Fsp3) is 0.412. The van der Waals surface area contributed by atoms with Gasteiger partial charge < -0.3 is 14.3 Å². The Morgan fingerprint density at radius 1 is 1.26 bits per heavy atom. The molecule has 1 aliphatic heterocycles. The van der Waals surface area contributed by atoms with Crippen molar-refractivity contribution in [1.82, 2.24) is 4.90 Å². The minimum absolute atomic E-state index is 0.282. The Hall–Kier alpha value is -2.34. The molecule has 1 aliphatic rings. The van der Waals surface area contributed by atoms with Gasteiger partial charge in [0, 0.05) is 11.9 Å².